The summed E-state index contributed by atoms with van der Waals surface area (Å²) >= 11 is 0. The summed E-state index contributed by atoms with van der Waals surface area (Å²) in [5, 5.41) is 6.14. The van der Waals surface area contributed by atoms with Crippen molar-refractivity contribution in [2.75, 3.05) is 0 Å². The van der Waals surface area contributed by atoms with Crippen molar-refractivity contribution in [3.05, 3.63) is 246 Å². The Morgan fingerprint density at radius 2 is 1.12 bits per heavy atom. The van der Waals surface area contributed by atoms with E-state index in [2.05, 4.69) is 197 Å². The molecule has 0 bridgehead atoms. The third kappa shape index (κ3) is 6.34. The van der Waals surface area contributed by atoms with Crippen LogP contribution in [0.2, 0.25) is 0 Å². The molecular weight excluding hydrogens is 777 g/mol. The summed E-state index contributed by atoms with van der Waals surface area (Å²) in [6, 6.07) is 76.4. The molecule has 0 unspecified atom stereocenters. The summed E-state index contributed by atoms with van der Waals surface area (Å²) in [6.45, 7) is 0. The number of benzene rings is 9. The number of aromatic nitrogens is 2. The van der Waals surface area contributed by atoms with Crippen LogP contribution in [0.5, 0.6) is 0 Å². The zero-order valence-corrected chi connectivity index (χ0v) is 35.3. The van der Waals surface area contributed by atoms with E-state index in [1.165, 1.54) is 77.0 Å². The number of hydrogen-bond acceptors (Lipinski definition) is 1. The van der Waals surface area contributed by atoms with Crippen molar-refractivity contribution in [3.63, 3.8) is 0 Å². The molecule has 2 aromatic heterocycles. The van der Waals surface area contributed by atoms with Crippen molar-refractivity contribution in [2.45, 2.75) is 19.3 Å². The molecule has 1 aliphatic carbocycles. The molecule has 0 fully saturated rings. The lowest BCUT2D eigenvalue weighted by Gasteiger charge is -2.21. The van der Waals surface area contributed by atoms with Gasteiger partial charge in [-0.3, -0.25) is 0 Å². The molecule has 1 aliphatic rings. The molecule has 2 N–H and O–H groups in total. The molecule has 12 rings (SSSR count). The number of hydrogen-bond donors (Lipinski definition) is 1. The third-order valence-electron chi connectivity index (χ3n) is 13.1. The fraction of sp³-hybridized carbons (Fsp3) is 0.0500. The van der Waals surface area contributed by atoms with Crippen LogP contribution in [0, 0.1) is 0 Å². The summed E-state index contributed by atoms with van der Waals surface area (Å²) in [5.41, 5.74) is 24.2. The van der Waals surface area contributed by atoms with E-state index in [1.807, 2.05) is 30.3 Å². The van der Waals surface area contributed by atoms with Gasteiger partial charge in [-0.25, -0.2) is 4.99 Å². The van der Waals surface area contributed by atoms with Crippen LogP contribution in [0.3, 0.4) is 0 Å². The van der Waals surface area contributed by atoms with Gasteiger partial charge in [-0.05, 0) is 82.8 Å². The van der Waals surface area contributed by atoms with Crippen LogP contribution in [0.15, 0.2) is 223 Å². The first kappa shape index (κ1) is 37.5. The van der Waals surface area contributed by atoms with Gasteiger partial charge in [0.15, 0.2) is 0 Å². The van der Waals surface area contributed by atoms with Crippen molar-refractivity contribution >= 4 is 55.0 Å². The third-order valence-corrected chi connectivity index (χ3v) is 13.1. The number of amidine groups is 1. The van der Waals surface area contributed by atoms with E-state index in [1.54, 1.807) is 0 Å². The van der Waals surface area contributed by atoms with Gasteiger partial charge in [0, 0.05) is 49.6 Å². The minimum absolute atomic E-state index is 0.468. The maximum atomic E-state index is 7.02. The van der Waals surface area contributed by atoms with Crippen molar-refractivity contribution < 1.29 is 0 Å². The summed E-state index contributed by atoms with van der Waals surface area (Å²) in [7, 11) is 0. The number of fused-ring (bicyclic) bond motifs is 10. The number of para-hydroxylation sites is 2. The first-order valence-corrected chi connectivity index (χ1v) is 22.2. The van der Waals surface area contributed by atoms with E-state index in [4.69, 9.17) is 10.7 Å². The lowest BCUT2D eigenvalue weighted by atomic mass is 9.89. The number of rotatable bonds is 8. The van der Waals surface area contributed by atoms with Gasteiger partial charge in [0.2, 0.25) is 0 Å². The molecule has 2 heterocycles. The molecular formula is C60H44N4. The molecule has 4 nitrogen and oxygen atoms in total. The Labute approximate surface area is 372 Å². The molecule has 0 radical (unpaired) electrons. The van der Waals surface area contributed by atoms with Gasteiger partial charge in [-0.2, -0.15) is 0 Å². The van der Waals surface area contributed by atoms with Gasteiger partial charge >= 0.3 is 0 Å². The lowest BCUT2D eigenvalue weighted by molar-refractivity contribution is 0.933. The number of allylic oxidation sites excluding steroid dienone is 1. The Morgan fingerprint density at radius 3 is 1.94 bits per heavy atom. The molecule has 0 saturated heterocycles. The highest BCUT2D eigenvalue weighted by Gasteiger charge is 2.26. The second-order valence-electron chi connectivity index (χ2n) is 16.8. The van der Waals surface area contributed by atoms with Crippen LogP contribution < -0.4 is 5.73 Å². The summed E-state index contributed by atoms with van der Waals surface area (Å²) in [5.74, 6) is 0.468. The van der Waals surface area contributed by atoms with Crippen LogP contribution >= 0.6 is 0 Å². The molecule has 304 valence electrons. The molecule has 0 saturated carbocycles. The predicted octanol–water partition coefficient (Wildman–Crippen LogP) is 14.3. The SMILES string of the molecule is N/C(=N\C(=C/Cc1ccccc1-c1ccccc1)c1cc(-n2c3c(c4ccccc42)CCc2ccccc2-3)cc(-n2c3ccccc3c3ccc4ccccc4c32)c1)c1ccccc1. The molecule has 0 aliphatic heterocycles. The Balaban J connectivity index is 1.17. The molecule has 0 amide bonds. The molecule has 11 aromatic rings. The zero-order valence-electron chi connectivity index (χ0n) is 35.3. The van der Waals surface area contributed by atoms with Crippen molar-refractivity contribution in [3.8, 4) is 33.8 Å². The van der Waals surface area contributed by atoms with Crippen LogP contribution in [0.4, 0.5) is 0 Å². The maximum Gasteiger partial charge on any atom is 0.131 e. The van der Waals surface area contributed by atoms with Gasteiger partial charge in [-0.1, -0.05) is 188 Å². The quantitative estimate of drug-likeness (QED) is 0.120. The van der Waals surface area contributed by atoms with Crippen molar-refractivity contribution in [1.82, 2.24) is 9.13 Å². The summed E-state index contributed by atoms with van der Waals surface area (Å²) < 4.78 is 4.98. The normalized spacial score (nSPS) is 12.9. The molecule has 9 aromatic carbocycles. The Morgan fingerprint density at radius 1 is 0.500 bits per heavy atom. The van der Waals surface area contributed by atoms with Gasteiger partial charge < -0.3 is 14.9 Å². The lowest BCUT2D eigenvalue weighted by Crippen LogP contribution is -2.13. The van der Waals surface area contributed by atoms with Crippen LogP contribution in [-0.2, 0) is 19.3 Å². The standard InChI is InChI=1S/C60H44N4/c61-60(44-22-5-2-6-23-44)62-55(36-33-41-19-7-10-24-48(41)40-17-3-1-4-18-40)45-37-46(63-56-29-15-13-27-51(56)53-34-31-42-20-8-11-25-49(42)58(53)63)39-47(38-45)64-57-30-16-14-28-52(57)54-35-32-43-21-9-12-26-50(43)59(54)64/h1-31,34,36-39H,32-33,35H2,(H2,61,62)/b55-36-. The van der Waals surface area contributed by atoms with E-state index >= 15 is 0 Å². The Bertz CT molecular complexity index is 3640. The Kier molecular flexibility index (Phi) is 9.15. The average Bonchev–Trinajstić information content (AvgIpc) is 3.89. The van der Waals surface area contributed by atoms with Gasteiger partial charge in [0.1, 0.15) is 5.84 Å². The number of aryl methyl sites for hydroxylation is 2. The van der Waals surface area contributed by atoms with Crippen molar-refractivity contribution in [1.29, 1.82) is 0 Å². The van der Waals surface area contributed by atoms with Gasteiger partial charge in [-0.15, -0.1) is 0 Å². The van der Waals surface area contributed by atoms with Crippen LogP contribution in [0.25, 0.3) is 82.9 Å². The molecule has 0 spiro atoms. The highest BCUT2D eigenvalue weighted by Crippen LogP contribution is 2.44. The highest BCUT2D eigenvalue weighted by atomic mass is 15.0. The second kappa shape index (κ2) is 15.6. The first-order valence-electron chi connectivity index (χ1n) is 22.2. The fourth-order valence-corrected chi connectivity index (χ4v) is 10.2. The average molecular weight is 821 g/mol. The number of nitrogens with two attached hydrogens (primary N) is 1. The molecule has 64 heavy (non-hydrogen) atoms. The van der Waals surface area contributed by atoms with Crippen LogP contribution in [0.1, 0.15) is 27.8 Å². The minimum Gasteiger partial charge on any atom is -0.383 e. The van der Waals surface area contributed by atoms with E-state index in [0.717, 1.165) is 46.6 Å². The summed E-state index contributed by atoms with van der Waals surface area (Å²) in [6.07, 6.45) is 4.91. The topological polar surface area (TPSA) is 48.2 Å². The van der Waals surface area contributed by atoms with Crippen molar-refractivity contribution in [2.24, 2.45) is 10.7 Å². The smallest absolute Gasteiger partial charge is 0.131 e. The van der Waals surface area contributed by atoms with E-state index < -0.39 is 0 Å². The van der Waals surface area contributed by atoms with Gasteiger partial charge in [0.25, 0.3) is 0 Å². The number of nitrogens with zero attached hydrogens (tertiary/aromatic N) is 3. The first-order chi connectivity index (χ1) is 31.7. The largest absolute Gasteiger partial charge is 0.383 e. The highest BCUT2D eigenvalue weighted by molar-refractivity contribution is 6.18. The fourth-order valence-electron chi connectivity index (χ4n) is 10.2. The predicted molar refractivity (Wildman–Crippen MR) is 269 cm³/mol. The van der Waals surface area contributed by atoms with E-state index in [0.29, 0.717) is 12.3 Å². The monoisotopic (exact) mass is 820 g/mol. The van der Waals surface area contributed by atoms with E-state index in [9.17, 15) is 0 Å². The number of aliphatic imine (C=N–C) groups is 1. The summed E-state index contributed by atoms with van der Waals surface area (Å²) in [4.78, 5) is 5.38. The van der Waals surface area contributed by atoms with Gasteiger partial charge in [0.05, 0.1) is 27.9 Å². The Hall–Kier alpha value is -8.21. The second-order valence-corrected chi connectivity index (χ2v) is 16.8. The minimum atomic E-state index is 0.468. The maximum absolute atomic E-state index is 7.02. The van der Waals surface area contributed by atoms with Crippen LogP contribution in [-0.4, -0.2) is 15.0 Å². The zero-order chi connectivity index (χ0) is 42.6. The molecule has 0 atom stereocenters. The molecule has 4 heteroatoms. The van der Waals surface area contributed by atoms with E-state index in [-0.39, 0.29) is 0 Å².